The van der Waals surface area contributed by atoms with Gasteiger partial charge in [-0.3, -0.25) is 0 Å². The van der Waals surface area contributed by atoms with E-state index in [1.54, 1.807) is 0 Å². The van der Waals surface area contributed by atoms with Gasteiger partial charge < -0.3 is 0 Å². The lowest BCUT2D eigenvalue weighted by molar-refractivity contribution is 0.975. The van der Waals surface area contributed by atoms with E-state index in [9.17, 15) is 0 Å². The van der Waals surface area contributed by atoms with Crippen molar-refractivity contribution in [1.82, 2.24) is 0 Å². The molecule has 0 amide bonds. The minimum absolute atomic E-state index is 0.979. The Hall–Kier alpha value is -0.980. The van der Waals surface area contributed by atoms with E-state index in [0.29, 0.717) is 0 Å². The van der Waals surface area contributed by atoms with Gasteiger partial charge >= 0.3 is 0 Å². The number of alkyl halides is 2. The first-order valence-electron chi connectivity index (χ1n) is 8.58. The van der Waals surface area contributed by atoms with Crippen LogP contribution in [0.3, 0.4) is 0 Å². The van der Waals surface area contributed by atoms with Crippen LogP contribution in [0, 0.1) is 0 Å². The molecule has 0 heterocycles. The Morgan fingerprint density at radius 2 is 0.826 bits per heavy atom. The molecule has 0 aliphatic carbocycles. The number of hydrogen-bond donors (Lipinski definition) is 0. The molecule has 0 fully saturated rings. The molecule has 2 heteroatoms. The van der Waals surface area contributed by atoms with Crippen LogP contribution in [0.15, 0.2) is 36.4 Å². The van der Waals surface area contributed by atoms with Gasteiger partial charge in [0.15, 0.2) is 4.33 Å². The zero-order valence-corrected chi connectivity index (χ0v) is 16.1. The van der Waals surface area contributed by atoms with Crippen molar-refractivity contribution in [1.29, 1.82) is 0 Å². The summed E-state index contributed by atoms with van der Waals surface area (Å²) in [5.41, 5.74) is 7.10. The van der Waals surface area contributed by atoms with E-state index in [2.05, 4.69) is 64.1 Å². The Balaban J connectivity index is 2.57. The number of rotatable bonds is 6. The van der Waals surface area contributed by atoms with Crippen molar-refractivity contribution in [2.45, 2.75) is 57.7 Å². The second kappa shape index (κ2) is 7.73. The van der Waals surface area contributed by atoms with E-state index in [0.717, 1.165) is 36.8 Å². The van der Waals surface area contributed by atoms with Gasteiger partial charge in [0.1, 0.15) is 0 Å². The van der Waals surface area contributed by atoms with Gasteiger partial charge in [-0.15, -0.1) is 0 Å². The zero-order chi connectivity index (χ0) is 17.0. The summed E-state index contributed by atoms with van der Waals surface area (Å²) in [7, 11) is 0. The van der Waals surface area contributed by atoms with Gasteiger partial charge in [0, 0.05) is 0 Å². The molecule has 0 aromatic heterocycles. The van der Waals surface area contributed by atoms with E-state index in [1.165, 1.54) is 22.3 Å². The van der Waals surface area contributed by atoms with E-state index < -0.39 is 4.33 Å². The fraction of sp³-hybridized carbons (Fsp3) is 0.429. The van der Waals surface area contributed by atoms with Gasteiger partial charge in [0.25, 0.3) is 0 Å². The van der Waals surface area contributed by atoms with E-state index in [-0.39, 0.29) is 0 Å². The third kappa shape index (κ3) is 4.11. The predicted molar refractivity (Wildman–Crippen MR) is 103 cm³/mol. The first kappa shape index (κ1) is 18.4. The summed E-state index contributed by atoms with van der Waals surface area (Å²) in [6.45, 7) is 8.65. The van der Waals surface area contributed by atoms with Crippen LogP contribution in [0.4, 0.5) is 0 Å². The molecule has 0 radical (unpaired) electrons. The quantitative estimate of drug-likeness (QED) is 0.514. The van der Waals surface area contributed by atoms with E-state index >= 15 is 0 Å². The van der Waals surface area contributed by atoms with Crippen LogP contribution in [0.1, 0.15) is 61.1 Å². The topological polar surface area (TPSA) is 0 Å². The Morgan fingerprint density at radius 3 is 1.04 bits per heavy atom. The fourth-order valence-electron chi connectivity index (χ4n) is 2.87. The lowest BCUT2D eigenvalue weighted by Gasteiger charge is -2.24. The highest BCUT2D eigenvalue weighted by Crippen LogP contribution is 2.42. The van der Waals surface area contributed by atoms with Crippen molar-refractivity contribution in [3.05, 3.63) is 69.8 Å². The van der Waals surface area contributed by atoms with Gasteiger partial charge in [0.2, 0.25) is 0 Å². The van der Waals surface area contributed by atoms with Crippen LogP contribution in [0.2, 0.25) is 0 Å². The van der Waals surface area contributed by atoms with Crippen LogP contribution in [0.25, 0.3) is 0 Å². The molecule has 2 aromatic carbocycles. The second-order valence-corrected chi connectivity index (χ2v) is 7.39. The largest absolute Gasteiger partial charge is 0.168 e. The standard InChI is InChI=1S/C21H26Cl2/c1-5-15-9-16(6-2)12-19(11-15)21(22,23)20-13-17(7-3)10-18(8-4)14-20/h9-14H,5-8H2,1-4H3. The second-order valence-electron chi connectivity index (χ2n) is 6.06. The summed E-state index contributed by atoms with van der Waals surface area (Å²) in [5.74, 6) is 0. The molecule has 0 saturated heterocycles. The van der Waals surface area contributed by atoms with Crippen LogP contribution in [-0.4, -0.2) is 0 Å². The normalized spacial score (nSPS) is 11.7. The lowest BCUT2D eigenvalue weighted by Crippen LogP contribution is -2.14. The molecule has 0 atom stereocenters. The molecule has 2 rings (SSSR count). The first-order valence-corrected chi connectivity index (χ1v) is 9.34. The lowest BCUT2D eigenvalue weighted by atomic mass is 9.94. The molecular formula is C21H26Cl2. The van der Waals surface area contributed by atoms with Crippen molar-refractivity contribution < 1.29 is 0 Å². The molecule has 0 unspecified atom stereocenters. The van der Waals surface area contributed by atoms with Crippen molar-refractivity contribution in [2.24, 2.45) is 0 Å². The highest BCUT2D eigenvalue weighted by Gasteiger charge is 2.30. The molecule has 2 aromatic rings. The highest BCUT2D eigenvalue weighted by molar-refractivity contribution is 6.50. The van der Waals surface area contributed by atoms with Crippen LogP contribution in [0.5, 0.6) is 0 Å². The first-order chi connectivity index (χ1) is 10.9. The van der Waals surface area contributed by atoms with Crippen molar-refractivity contribution in [2.75, 3.05) is 0 Å². The van der Waals surface area contributed by atoms with Gasteiger partial charge in [-0.25, -0.2) is 0 Å². The summed E-state index contributed by atoms with van der Waals surface area (Å²) >= 11 is 13.7. The molecular weight excluding hydrogens is 323 g/mol. The van der Waals surface area contributed by atoms with Crippen LogP contribution in [-0.2, 0) is 30.0 Å². The Labute approximate surface area is 150 Å². The Morgan fingerprint density at radius 1 is 0.565 bits per heavy atom. The van der Waals surface area contributed by atoms with Gasteiger partial charge in [0.05, 0.1) is 0 Å². The van der Waals surface area contributed by atoms with Crippen molar-refractivity contribution >= 4 is 23.2 Å². The third-order valence-electron chi connectivity index (χ3n) is 4.46. The maximum absolute atomic E-state index is 6.87. The molecule has 23 heavy (non-hydrogen) atoms. The SMILES string of the molecule is CCc1cc(CC)cc(C(Cl)(Cl)c2cc(CC)cc(CC)c2)c1. The maximum Gasteiger partial charge on any atom is 0.168 e. The smallest absolute Gasteiger partial charge is 0.0909 e. The zero-order valence-electron chi connectivity index (χ0n) is 14.5. The number of benzene rings is 2. The molecule has 124 valence electrons. The summed E-state index contributed by atoms with van der Waals surface area (Å²) < 4.78 is -1.01. The predicted octanol–water partition coefficient (Wildman–Crippen LogP) is 6.61. The molecule has 0 N–H and O–H groups in total. The Bertz CT molecular complexity index is 570. The molecule has 0 saturated carbocycles. The van der Waals surface area contributed by atoms with Crippen molar-refractivity contribution in [3.63, 3.8) is 0 Å². The molecule has 0 bridgehead atoms. The summed E-state index contributed by atoms with van der Waals surface area (Å²) in [6, 6.07) is 13.1. The maximum atomic E-state index is 6.87. The molecule has 0 spiro atoms. The van der Waals surface area contributed by atoms with Gasteiger partial charge in [-0.1, -0.05) is 87.3 Å². The average Bonchev–Trinajstić information content (AvgIpc) is 2.60. The minimum atomic E-state index is -1.01. The molecule has 0 aliphatic heterocycles. The number of hydrogen-bond acceptors (Lipinski definition) is 0. The van der Waals surface area contributed by atoms with Crippen molar-refractivity contribution in [3.8, 4) is 0 Å². The molecule has 0 aliphatic rings. The third-order valence-corrected chi connectivity index (χ3v) is 5.34. The number of halogens is 2. The number of aryl methyl sites for hydroxylation is 4. The van der Waals surface area contributed by atoms with Crippen LogP contribution >= 0.6 is 23.2 Å². The van der Waals surface area contributed by atoms with Gasteiger partial charge in [-0.2, -0.15) is 0 Å². The summed E-state index contributed by atoms with van der Waals surface area (Å²) in [6.07, 6.45) is 3.94. The highest BCUT2D eigenvalue weighted by atomic mass is 35.5. The molecule has 0 nitrogen and oxygen atoms in total. The van der Waals surface area contributed by atoms with E-state index in [4.69, 9.17) is 23.2 Å². The van der Waals surface area contributed by atoms with Crippen LogP contribution < -0.4 is 0 Å². The average molecular weight is 349 g/mol. The summed E-state index contributed by atoms with van der Waals surface area (Å²) in [4.78, 5) is 0. The summed E-state index contributed by atoms with van der Waals surface area (Å²) in [5, 5.41) is 0. The Kier molecular flexibility index (Phi) is 6.17. The van der Waals surface area contributed by atoms with Gasteiger partial charge in [-0.05, 0) is 59.1 Å². The van der Waals surface area contributed by atoms with E-state index in [1.807, 2.05) is 0 Å². The monoisotopic (exact) mass is 348 g/mol. The fourth-order valence-corrected chi connectivity index (χ4v) is 3.31. The minimum Gasteiger partial charge on any atom is -0.0909 e.